The lowest BCUT2D eigenvalue weighted by atomic mass is 10.4. The molecule has 0 amide bonds. The number of hydrogen-bond acceptors (Lipinski definition) is 3. The molecule has 6 heteroatoms. The Kier molecular flexibility index (Phi) is 4.05. The molecule has 0 atom stereocenters. The van der Waals surface area contributed by atoms with E-state index in [-0.39, 0.29) is 4.90 Å². The summed E-state index contributed by atoms with van der Waals surface area (Å²) in [7, 11) is -3.41. The van der Waals surface area contributed by atoms with Gasteiger partial charge in [0.2, 0.25) is 10.0 Å². The minimum atomic E-state index is -3.41. The molecule has 0 unspecified atom stereocenters. The van der Waals surface area contributed by atoms with E-state index in [1.165, 1.54) is 6.20 Å². The van der Waals surface area contributed by atoms with Gasteiger partial charge in [-0.3, -0.25) is 5.10 Å². The molecule has 1 heterocycles. The third-order valence-electron chi connectivity index (χ3n) is 1.91. The zero-order chi connectivity index (χ0) is 11.3. The fourth-order valence-corrected chi connectivity index (χ4v) is 2.31. The third-order valence-corrected chi connectivity index (χ3v) is 3.49. The van der Waals surface area contributed by atoms with Gasteiger partial charge in [-0.15, -0.1) is 0 Å². The molecule has 1 rings (SSSR count). The van der Waals surface area contributed by atoms with Crippen molar-refractivity contribution in [2.75, 3.05) is 6.54 Å². The summed E-state index contributed by atoms with van der Waals surface area (Å²) in [6, 6.07) is 0. The van der Waals surface area contributed by atoms with E-state index >= 15 is 0 Å². The van der Waals surface area contributed by atoms with Crippen LogP contribution in [0.2, 0.25) is 0 Å². The smallest absolute Gasteiger partial charge is 0.243 e. The summed E-state index contributed by atoms with van der Waals surface area (Å²) >= 11 is 0. The Bertz CT molecular complexity index is 434. The number of hydrogen-bond donors (Lipinski definition) is 2. The number of sulfonamides is 1. The van der Waals surface area contributed by atoms with Crippen LogP contribution in [0.3, 0.4) is 0 Å². The Morgan fingerprint density at radius 2 is 2.33 bits per heavy atom. The zero-order valence-corrected chi connectivity index (χ0v) is 9.63. The summed E-state index contributed by atoms with van der Waals surface area (Å²) in [5.41, 5.74) is 0.550. The molecule has 15 heavy (non-hydrogen) atoms. The largest absolute Gasteiger partial charge is 0.281 e. The van der Waals surface area contributed by atoms with Crippen molar-refractivity contribution in [1.29, 1.82) is 0 Å². The molecule has 0 radical (unpaired) electrons. The maximum atomic E-state index is 11.7. The van der Waals surface area contributed by atoms with Crippen LogP contribution in [0.25, 0.3) is 0 Å². The lowest BCUT2D eigenvalue weighted by molar-refractivity contribution is 0.581. The molecule has 0 aromatic carbocycles. The van der Waals surface area contributed by atoms with Crippen LogP contribution in [0.5, 0.6) is 0 Å². The normalized spacial score (nSPS) is 12.4. The molecule has 84 valence electrons. The number of nitrogens with one attached hydrogen (secondary N) is 2. The van der Waals surface area contributed by atoms with Crippen molar-refractivity contribution in [1.82, 2.24) is 14.9 Å². The minimum Gasteiger partial charge on any atom is -0.281 e. The Labute approximate surface area is 89.6 Å². The quantitative estimate of drug-likeness (QED) is 0.583. The van der Waals surface area contributed by atoms with Crippen molar-refractivity contribution < 1.29 is 8.42 Å². The van der Waals surface area contributed by atoms with Crippen molar-refractivity contribution in [3.8, 4) is 0 Å². The standard InChI is InChI=1S/C9H15N3O2S/c1-3-4-5-6-11-15(13,14)9-7-10-12-8(9)2/h3-4,7,11H,5-6H2,1-2H3,(H,10,12)/b4-3+. The second kappa shape index (κ2) is 5.09. The Balaban J connectivity index is 2.65. The molecule has 0 aliphatic carbocycles. The van der Waals surface area contributed by atoms with Crippen LogP contribution in [0, 0.1) is 6.92 Å². The van der Waals surface area contributed by atoms with Gasteiger partial charge in [0.1, 0.15) is 4.90 Å². The van der Waals surface area contributed by atoms with Gasteiger partial charge in [-0.05, 0) is 20.3 Å². The van der Waals surface area contributed by atoms with E-state index in [4.69, 9.17) is 0 Å². The summed E-state index contributed by atoms with van der Waals surface area (Å²) in [5, 5.41) is 6.27. The molecule has 0 saturated heterocycles. The maximum absolute atomic E-state index is 11.7. The molecule has 0 aliphatic heterocycles. The van der Waals surface area contributed by atoms with Crippen LogP contribution in [0.15, 0.2) is 23.2 Å². The molecule has 2 N–H and O–H groups in total. The van der Waals surface area contributed by atoms with Gasteiger partial charge in [0, 0.05) is 6.54 Å². The van der Waals surface area contributed by atoms with Gasteiger partial charge < -0.3 is 0 Å². The lowest BCUT2D eigenvalue weighted by Crippen LogP contribution is -2.24. The number of aromatic amines is 1. The van der Waals surface area contributed by atoms with Gasteiger partial charge in [-0.25, -0.2) is 13.1 Å². The van der Waals surface area contributed by atoms with E-state index in [9.17, 15) is 8.42 Å². The highest BCUT2D eigenvalue weighted by molar-refractivity contribution is 7.89. The molecule has 0 fully saturated rings. The summed E-state index contributed by atoms with van der Waals surface area (Å²) in [6.45, 7) is 3.97. The second-order valence-corrected chi connectivity index (χ2v) is 4.85. The van der Waals surface area contributed by atoms with Gasteiger partial charge in [0.15, 0.2) is 0 Å². The fourth-order valence-electron chi connectivity index (χ4n) is 1.13. The molecule has 0 bridgehead atoms. The van der Waals surface area contributed by atoms with Gasteiger partial charge in [-0.1, -0.05) is 12.2 Å². The highest BCUT2D eigenvalue weighted by atomic mass is 32.2. The molecular weight excluding hydrogens is 214 g/mol. The first-order valence-corrected chi connectivity index (χ1v) is 6.17. The zero-order valence-electron chi connectivity index (χ0n) is 8.82. The van der Waals surface area contributed by atoms with Crippen molar-refractivity contribution in [3.05, 3.63) is 24.0 Å². The van der Waals surface area contributed by atoms with Crippen molar-refractivity contribution in [3.63, 3.8) is 0 Å². The summed E-state index contributed by atoms with van der Waals surface area (Å²) in [6.07, 6.45) is 5.79. The van der Waals surface area contributed by atoms with Crippen LogP contribution in [0.4, 0.5) is 0 Å². The summed E-state index contributed by atoms with van der Waals surface area (Å²) < 4.78 is 25.9. The fraction of sp³-hybridized carbons (Fsp3) is 0.444. The van der Waals surface area contributed by atoms with Gasteiger partial charge in [0.05, 0.1) is 11.9 Å². The van der Waals surface area contributed by atoms with E-state index in [1.54, 1.807) is 6.92 Å². The van der Waals surface area contributed by atoms with E-state index in [1.807, 2.05) is 19.1 Å². The van der Waals surface area contributed by atoms with Gasteiger partial charge in [-0.2, -0.15) is 5.10 Å². The van der Waals surface area contributed by atoms with E-state index in [2.05, 4.69) is 14.9 Å². The Morgan fingerprint density at radius 3 is 2.87 bits per heavy atom. The third kappa shape index (κ3) is 3.17. The molecule has 5 nitrogen and oxygen atoms in total. The van der Waals surface area contributed by atoms with E-state index < -0.39 is 10.0 Å². The summed E-state index contributed by atoms with van der Waals surface area (Å²) in [5.74, 6) is 0. The number of H-pyrrole nitrogens is 1. The number of allylic oxidation sites excluding steroid dienone is 1. The van der Waals surface area contributed by atoms with Gasteiger partial charge >= 0.3 is 0 Å². The first-order valence-electron chi connectivity index (χ1n) is 4.68. The van der Waals surface area contributed by atoms with Crippen LogP contribution in [-0.2, 0) is 10.0 Å². The number of nitrogens with zero attached hydrogens (tertiary/aromatic N) is 1. The molecule has 0 aliphatic rings. The number of rotatable bonds is 5. The predicted molar refractivity (Wildman–Crippen MR) is 57.9 cm³/mol. The average Bonchev–Trinajstić information content (AvgIpc) is 2.60. The predicted octanol–water partition coefficient (Wildman–Crippen LogP) is 0.963. The Morgan fingerprint density at radius 1 is 1.60 bits per heavy atom. The number of aromatic nitrogens is 2. The Hall–Kier alpha value is -1.14. The summed E-state index contributed by atoms with van der Waals surface area (Å²) in [4.78, 5) is 0.211. The SMILES string of the molecule is C/C=C/CCNS(=O)(=O)c1cn[nH]c1C. The molecule has 1 aromatic rings. The highest BCUT2D eigenvalue weighted by Gasteiger charge is 2.17. The van der Waals surface area contributed by atoms with Crippen LogP contribution < -0.4 is 4.72 Å². The van der Waals surface area contributed by atoms with Crippen molar-refractivity contribution >= 4 is 10.0 Å². The highest BCUT2D eigenvalue weighted by Crippen LogP contribution is 2.10. The van der Waals surface area contributed by atoms with Crippen molar-refractivity contribution in [2.24, 2.45) is 0 Å². The second-order valence-electron chi connectivity index (χ2n) is 3.11. The minimum absolute atomic E-state index is 0.211. The topological polar surface area (TPSA) is 74.8 Å². The molecule has 0 saturated carbocycles. The van der Waals surface area contributed by atoms with E-state index in [0.717, 1.165) is 0 Å². The molecule has 1 aromatic heterocycles. The van der Waals surface area contributed by atoms with Crippen molar-refractivity contribution in [2.45, 2.75) is 25.2 Å². The molecule has 0 spiro atoms. The lowest BCUT2D eigenvalue weighted by Gasteiger charge is -2.03. The van der Waals surface area contributed by atoms with Crippen LogP contribution in [-0.4, -0.2) is 25.2 Å². The van der Waals surface area contributed by atoms with E-state index in [0.29, 0.717) is 18.7 Å². The van der Waals surface area contributed by atoms with Crippen LogP contribution in [0.1, 0.15) is 19.0 Å². The van der Waals surface area contributed by atoms with Crippen LogP contribution >= 0.6 is 0 Å². The number of aryl methyl sites for hydroxylation is 1. The first kappa shape index (κ1) is 11.9. The molecular formula is C9H15N3O2S. The average molecular weight is 229 g/mol. The monoisotopic (exact) mass is 229 g/mol. The maximum Gasteiger partial charge on any atom is 0.243 e. The first-order chi connectivity index (χ1) is 7.08. The van der Waals surface area contributed by atoms with Gasteiger partial charge in [0.25, 0.3) is 0 Å².